The van der Waals surface area contributed by atoms with E-state index in [4.69, 9.17) is 14.9 Å². The van der Waals surface area contributed by atoms with Crippen molar-refractivity contribution in [2.45, 2.75) is 25.3 Å². The number of carbonyl (C=O) groups is 1. The van der Waals surface area contributed by atoms with Gasteiger partial charge in [-0.05, 0) is 49.4 Å². The molecule has 1 atom stereocenters. The number of nitrogens with zero attached hydrogens (tertiary/aromatic N) is 4. The van der Waals surface area contributed by atoms with Crippen LogP contribution >= 0.6 is 11.8 Å². The van der Waals surface area contributed by atoms with Crippen LogP contribution in [0.15, 0.2) is 95.1 Å². The topological polar surface area (TPSA) is 57.5 Å². The molecule has 0 saturated carbocycles. The molecule has 5 rings (SSSR count). The first-order chi connectivity index (χ1) is 16.2. The van der Waals surface area contributed by atoms with Crippen LogP contribution in [0.3, 0.4) is 0 Å². The summed E-state index contributed by atoms with van der Waals surface area (Å²) in [5.74, 6) is -0.434. The summed E-state index contributed by atoms with van der Waals surface area (Å²) in [5.41, 5.74) is 4.83. The Morgan fingerprint density at radius 1 is 0.848 bits per heavy atom. The lowest BCUT2D eigenvalue weighted by Gasteiger charge is -2.47. The highest BCUT2D eigenvalue weighted by atomic mass is 32.2. The van der Waals surface area contributed by atoms with E-state index >= 15 is 0 Å². The van der Waals surface area contributed by atoms with Crippen molar-refractivity contribution in [3.05, 3.63) is 96.1 Å². The zero-order chi connectivity index (χ0) is 22.8. The lowest BCUT2D eigenvalue weighted by atomic mass is 9.96. The molecular weight excluding hydrogens is 432 g/mol. The number of benzene rings is 3. The van der Waals surface area contributed by atoms with Gasteiger partial charge < -0.3 is 4.74 Å². The van der Waals surface area contributed by atoms with Gasteiger partial charge in [0.25, 0.3) is 0 Å². The predicted octanol–water partition coefficient (Wildman–Crippen LogP) is 5.56. The third-order valence-corrected chi connectivity index (χ3v) is 6.89. The molecule has 0 radical (unpaired) electrons. The molecule has 0 aromatic heterocycles. The van der Waals surface area contributed by atoms with Crippen LogP contribution < -0.4 is 10.0 Å². The Bertz CT molecular complexity index is 1230. The summed E-state index contributed by atoms with van der Waals surface area (Å²) >= 11 is 1.36. The number of rotatable bonds is 5. The Kier molecular flexibility index (Phi) is 5.64. The van der Waals surface area contributed by atoms with Gasteiger partial charge in [-0.1, -0.05) is 67.6 Å². The van der Waals surface area contributed by atoms with Gasteiger partial charge >= 0.3 is 5.97 Å². The van der Waals surface area contributed by atoms with Gasteiger partial charge in [0.05, 0.1) is 23.7 Å². The Morgan fingerprint density at radius 3 is 2.03 bits per heavy atom. The van der Waals surface area contributed by atoms with Gasteiger partial charge in [-0.3, -0.25) is 0 Å². The summed E-state index contributed by atoms with van der Waals surface area (Å²) in [5, 5.41) is 14.1. The summed E-state index contributed by atoms with van der Waals surface area (Å²) < 4.78 is 5.34. The molecule has 0 fully saturated rings. The SMILES string of the molecule is CCOC(=O)C1=NN(c2ccccc2)C2(S1)c1ccccc1C(CC)=NN2c1ccccc1. The van der Waals surface area contributed by atoms with Crippen LogP contribution in [0.5, 0.6) is 0 Å². The number of hydrogen-bond donors (Lipinski definition) is 0. The summed E-state index contributed by atoms with van der Waals surface area (Å²) in [7, 11) is 0. The van der Waals surface area contributed by atoms with Crippen molar-refractivity contribution in [2.75, 3.05) is 16.6 Å². The minimum absolute atomic E-state index is 0.286. The van der Waals surface area contributed by atoms with Crippen LogP contribution in [-0.4, -0.2) is 23.3 Å². The number of fused-ring (bicyclic) bond motifs is 2. The maximum absolute atomic E-state index is 12.9. The van der Waals surface area contributed by atoms with Crippen LogP contribution in [0.1, 0.15) is 31.4 Å². The van der Waals surface area contributed by atoms with Crippen LogP contribution in [-0.2, 0) is 14.5 Å². The Morgan fingerprint density at radius 2 is 1.42 bits per heavy atom. The average Bonchev–Trinajstić information content (AvgIpc) is 3.27. The number of carbonyl (C=O) groups excluding carboxylic acids is 1. The molecule has 1 spiro atoms. The molecule has 166 valence electrons. The Balaban J connectivity index is 1.79. The van der Waals surface area contributed by atoms with Gasteiger partial charge in [0, 0.05) is 11.1 Å². The van der Waals surface area contributed by atoms with Gasteiger partial charge in [0.15, 0.2) is 0 Å². The van der Waals surface area contributed by atoms with Crippen molar-refractivity contribution in [1.82, 2.24) is 0 Å². The van der Waals surface area contributed by atoms with E-state index in [1.807, 2.05) is 82.8 Å². The highest BCUT2D eigenvalue weighted by Crippen LogP contribution is 2.54. The fourth-order valence-corrected chi connectivity index (χ4v) is 5.46. The van der Waals surface area contributed by atoms with Crippen LogP contribution in [0.2, 0.25) is 0 Å². The van der Waals surface area contributed by atoms with Gasteiger partial charge in [-0.2, -0.15) is 10.2 Å². The van der Waals surface area contributed by atoms with Gasteiger partial charge in [-0.15, -0.1) is 0 Å². The largest absolute Gasteiger partial charge is 0.461 e. The second-order valence-corrected chi connectivity index (χ2v) is 8.74. The first kappa shape index (κ1) is 21.3. The summed E-state index contributed by atoms with van der Waals surface area (Å²) in [4.78, 5) is 11.9. The van der Waals surface area contributed by atoms with Gasteiger partial charge in [-0.25, -0.2) is 14.8 Å². The molecule has 2 aliphatic rings. The Labute approximate surface area is 197 Å². The molecule has 0 bridgehead atoms. The molecule has 7 heteroatoms. The maximum atomic E-state index is 12.9. The van der Waals surface area contributed by atoms with E-state index in [1.165, 1.54) is 11.8 Å². The molecule has 0 saturated heterocycles. The molecule has 6 nitrogen and oxygen atoms in total. The molecule has 2 aliphatic heterocycles. The maximum Gasteiger partial charge on any atom is 0.365 e. The van der Waals surface area contributed by atoms with E-state index in [9.17, 15) is 4.79 Å². The van der Waals surface area contributed by atoms with Crippen molar-refractivity contribution >= 4 is 39.9 Å². The van der Waals surface area contributed by atoms with E-state index in [0.29, 0.717) is 5.04 Å². The first-order valence-corrected chi connectivity index (χ1v) is 11.8. The standard InChI is InChI=1S/C26H24N4O2S/c1-3-23-21-17-11-12-18-22(21)26(29(27-23)19-13-7-5-8-14-19)30(20-15-9-6-10-16-20)28-24(33-26)25(31)32-4-2/h5-18H,3-4H2,1-2H3. The number of thioether (sulfide) groups is 1. The summed E-state index contributed by atoms with van der Waals surface area (Å²) in [6.07, 6.45) is 0.776. The highest BCUT2D eigenvalue weighted by molar-refractivity contribution is 8.16. The molecule has 0 N–H and O–H groups in total. The zero-order valence-corrected chi connectivity index (χ0v) is 19.3. The van der Waals surface area contributed by atoms with E-state index in [2.05, 4.69) is 19.1 Å². The van der Waals surface area contributed by atoms with E-state index < -0.39 is 11.0 Å². The Hall–Kier alpha value is -3.58. The number of para-hydroxylation sites is 2. The monoisotopic (exact) mass is 456 g/mol. The fraction of sp³-hybridized carbons (Fsp3) is 0.192. The predicted molar refractivity (Wildman–Crippen MR) is 134 cm³/mol. The lowest BCUT2D eigenvalue weighted by Crippen LogP contribution is -2.53. The number of esters is 1. The third-order valence-electron chi connectivity index (χ3n) is 5.60. The minimum atomic E-state index is -0.930. The second-order valence-electron chi connectivity index (χ2n) is 7.58. The van der Waals surface area contributed by atoms with Gasteiger partial charge in [0.1, 0.15) is 0 Å². The van der Waals surface area contributed by atoms with Crippen molar-refractivity contribution in [1.29, 1.82) is 0 Å². The molecule has 3 aromatic carbocycles. The van der Waals surface area contributed by atoms with Crippen LogP contribution in [0, 0.1) is 0 Å². The van der Waals surface area contributed by atoms with Crippen molar-refractivity contribution in [2.24, 2.45) is 10.2 Å². The first-order valence-electron chi connectivity index (χ1n) is 11.0. The fourth-order valence-electron chi connectivity index (χ4n) is 4.17. The molecule has 33 heavy (non-hydrogen) atoms. The molecule has 2 heterocycles. The molecular formula is C26H24N4O2S. The summed E-state index contributed by atoms with van der Waals surface area (Å²) in [6.45, 7) is 4.19. The minimum Gasteiger partial charge on any atom is -0.461 e. The molecule has 0 amide bonds. The smallest absolute Gasteiger partial charge is 0.365 e. The molecule has 1 unspecified atom stereocenters. The van der Waals surface area contributed by atoms with E-state index in [1.54, 1.807) is 6.92 Å². The van der Waals surface area contributed by atoms with E-state index in [-0.39, 0.29) is 6.61 Å². The zero-order valence-electron chi connectivity index (χ0n) is 18.5. The van der Waals surface area contributed by atoms with E-state index in [0.717, 1.165) is 34.6 Å². The molecule has 0 aliphatic carbocycles. The number of hydrazone groups is 2. The van der Waals surface area contributed by atoms with Crippen molar-refractivity contribution in [3.8, 4) is 0 Å². The highest BCUT2D eigenvalue weighted by Gasteiger charge is 2.56. The number of anilines is 2. The number of ether oxygens (including phenoxy) is 1. The third kappa shape index (κ3) is 3.49. The number of hydrogen-bond acceptors (Lipinski definition) is 7. The van der Waals surface area contributed by atoms with Crippen molar-refractivity contribution < 1.29 is 9.53 Å². The van der Waals surface area contributed by atoms with Crippen LogP contribution in [0.25, 0.3) is 0 Å². The average molecular weight is 457 g/mol. The van der Waals surface area contributed by atoms with Crippen LogP contribution in [0.4, 0.5) is 11.4 Å². The normalized spacial score (nSPS) is 19.2. The lowest BCUT2D eigenvalue weighted by molar-refractivity contribution is -0.134. The van der Waals surface area contributed by atoms with Gasteiger partial charge in [0.2, 0.25) is 10.0 Å². The van der Waals surface area contributed by atoms with Crippen molar-refractivity contribution in [3.63, 3.8) is 0 Å². The second kappa shape index (κ2) is 8.75. The molecule has 3 aromatic rings. The quantitative estimate of drug-likeness (QED) is 0.471. The summed E-state index contributed by atoms with van der Waals surface area (Å²) in [6, 6.07) is 28.1.